The molecule has 2 fully saturated rings. The summed E-state index contributed by atoms with van der Waals surface area (Å²) in [6, 6.07) is -1.36. The van der Waals surface area contributed by atoms with E-state index in [1.165, 1.54) is 7.05 Å². The van der Waals surface area contributed by atoms with Crippen LogP contribution in [0.2, 0.25) is 0 Å². The molecule has 2 rings (SSSR count). The molecule has 108 valence electrons. The van der Waals surface area contributed by atoms with Crippen molar-refractivity contribution in [2.75, 3.05) is 13.6 Å². The van der Waals surface area contributed by atoms with Crippen molar-refractivity contribution >= 4 is 11.8 Å². The summed E-state index contributed by atoms with van der Waals surface area (Å²) in [5.74, 6) is -1.49. The molecule has 0 aromatic heterocycles. The van der Waals surface area contributed by atoms with Crippen LogP contribution in [0.25, 0.3) is 0 Å². The first-order valence-corrected chi connectivity index (χ1v) is 6.08. The minimum absolute atomic E-state index is 0.00521. The van der Waals surface area contributed by atoms with Gasteiger partial charge in [0.2, 0.25) is 11.8 Å². The van der Waals surface area contributed by atoms with Crippen LogP contribution in [0.4, 0.5) is 13.2 Å². The van der Waals surface area contributed by atoms with Gasteiger partial charge < -0.3 is 16.0 Å². The summed E-state index contributed by atoms with van der Waals surface area (Å²) in [5.41, 5.74) is 3.38. The lowest BCUT2D eigenvalue weighted by atomic mass is 10.0. The number of halogens is 3. The Labute approximate surface area is 108 Å². The normalized spacial score (nSPS) is 29.2. The van der Waals surface area contributed by atoms with Crippen LogP contribution in [0, 0.1) is 5.41 Å². The number of hydrogen-bond donors (Lipinski definition) is 2. The second-order valence-corrected chi connectivity index (χ2v) is 5.16. The van der Waals surface area contributed by atoms with E-state index in [0.717, 1.165) is 4.90 Å². The second-order valence-electron chi connectivity index (χ2n) is 5.16. The summed E-state index contributed by atoms with van der Waals surface area (Å²) in [6.07, 6.45) is -4.79. The van der Waals surface area contributed by atoms with Crippen LogP contribution in [-0.2, 0) is 9.59 Å². The molecule has 3 N–H and O–H groups in total. The Morgan fingerprint density at radius 1 is 1.37 bits per heavy atom. The predicted molar refractivity (Wildman–Crippen MR) is 59.9 cm³/mol. The molecule has 1 saturated heterocycles. The van der Waals surface area contributed by atoms with E-state index >= 15 is 0 Å². The summed E-state index contributed by atoms with van der Waals surface area (Å²) >= 11 is 0. The molecule has 0 spiro atoms. The molecule has 0 aromatic rings. The summed E-state index contributed by atoms with van der Waals surface area (Å²) in [5, 5.41) is 2.35. The molecular formula is C11H16F3N3O2. The average Bonchev–Trinajstić information content (AvgIpc) is 3.05. The van der Waals surface area contributed by atoms with Gasteiger partial charge in [-0.05, 0) is 19.3 Å². The average molecular weight is 279 g/mol. The van der Waals surface area contributed by atoms with Gasteiger partial charge in [-0.25, -0.2) is 0 Å². The first kappa shape index (κ1) is 14.1. The third-order valence-corrected chi connectivity index (χ3v) is 3.85. The SMILES string of the molecule is CNC(=O)[C@@H]1C[C@@H](N)CN1C(=O)C1(C(F)(F)F)CC1. The molecular weight excluding hydrogens is 263 g/mol. The zero-order chi connectivity index (χ0) is 14.4. The van der Waals surface area contributed by atoms with Gasteiger partial charge in [0, 0.05) is 19.6 Å². The Morgan fingerprint density at radius 3 is 2.37 bits per heavy atom. The van der Waals surface area contributed by atoms with E-state index in [1.807, 2.05) is 0 Å². The van der Waals surface area contributed by atoms with E-state index in [2.05, 4.69) is 5.32 Å². The maximum absolute atomic E-state index is 12.9. The number of likely N-dealkylation sites (N-methyl/N-ethyl adjacent to an activating group) is 1. The topological polar surface area (TPSA) is 75.4 Å². The number of nitrogens with two attached hydrogens (primary N) is 1. The number of carbonyl (C=O) groups is 2. The highest BCUT2D eigenvalue weighted by Gasteiger charge is 2.70. The number of rotatable bonds is 2. The van der Waals surface area contributed by atoms with Gasteiger partial charge in [0.15, 0.2) is 0 Å². The lowest BCUT2D eigenvalue weighted by Gasteiger charge is -2.28. The minimum atomic E-state index is -4.57. The van der Waals surface area contributed by atoms with Crippen molar-refractivity contribution in [1.29, 1.82) is 0 Å². The molecule has 1 aliphatic heterocycles. The van der Waals surface area contributed by atoms with E-state index < -0.39 is 35.5 Å². The third kappa shape index (κ3) is 2.18. The number of likely N-dealkylation sites (tertiary alicyclic amines) is 1. The van der Waals surface area contributed by atoms with Gasteiger partial charge in [-0.1, -0.05) is 0 Å². The lowest BCUT2D eigenvalue weighted by Crippen LogP contribution is -2.50. The van der Waals surface area contributed by atoms with Gasteiger partial charge in [-0.15, -0.1) is 0 Å². The van der Waals surface area contributed by atoms with Crippen molar-refractivity contribution in [2.24, 2.45) is 11.1 Å². The van der Waals surface area contributed by atoms with Crippen LogP contribution < -0.4 is 11.1 Å². The van der Waals surface area contributed by atoms with Gasteiger partial charge in [-0.3, -0.25) is 9.59 Å². The van der Waals surface area contributed by atoms with Crippen LogP contribution in [0.15, 0.2) is 0 Å². The molecule has 1 saturated carbocycles. The highest BCUT2D eigenvalue weighted by atomic mass is 19.4. The van der Waals surface area contributed by atoms with E-state index in [-0.39, 0.29) is 25.8 Å². The number of nitrogens with one attached hydrogen (secondary N) is 1. The van der Waals surface area contributed by atoms with Crippen LogP contribution in [0.1, 0.15) is 19.3 Å². The van der Waals surface area contributed by atoms with E-state index in [1.54, 1.807) is 0 Å². The minimum Gasteiger partial charge on any atom is -0.357 e. The standard InChI is InChI=1S/C11H16F3N3O2/c1-16-8(18)7-4-6(15)5-17(7)9(19)10(2-3-10)11(12,13)14/h6-7H,2-5,15H2,1H3,(H,16,18)/t6-,7+/m1/s1. The molecule has 19 heavy (non-hydrogen) atoms. The highest BCUT2D eigenvalue weighted by Crippen LogP contribution is 2.59. The molecule has 1 aliphatic carbocycles. The fraction of sp³-hybridized carbons (Fsp3) is 0.818. The smallest absolute Gasteiger partial charge is 0.357 e. The molecule has 0 aromatic carbocycles. The Hall–Kier alpha value is -1.31. The molecule has 2 atom stereocenters. The molecule has 1 heterocycles. The highest BCUT2D eigenvalue weighted by molar-refractivity contribution is 5.92. The lowest BCUT2D eigenvalue weighted by molar-refractivity contribution is -0.199. The van der Waals surface area contributed by atoms with Gasteiger partial charge in [0.1, 0.15) is 11.5 Å². The zero-order valence-corrected chi connectivity index (χ0v) is 10.5. The number of hydrogen-bond acceptors (Lipinski definition) is 3. The van der Waals surface area contributed by atoms with Crippen LogP contribution in [-0.4, -0.2) is 48.6 Å². The fourth-order valence-corrected chi connectivity index (χ4v) is 2.53. The summed E-state index contributed by atoms with van der Waals surface area (Å²) in [7, 11) is 1.38. The summed E-state index contributed by atoms with van der Waals surface area (Å²) < 4.78 is 38.8. The Bertz CT molecular complexity index is 406. The first-order valence-electron chi connectivity index (χ1n) is 6.08. The number of amides is 2. The van der Waals surface area contributed by atoms with Crippen molar-refractivity contribution in [3.8, 4) is 0 Å². The van der Waals surface area contributed by atoms with Crippen molar-refractivity contribution in [1.82, 2.24) is 10.2 Å². The zero-order valence-electron chi connectivity index (χ0n) is 10.5. The number of carbonyl (C=O) groups excluding carboxylic acids is 2. The van der Waals surface area contributed by atoms with Gasteiger partial charge in [0.05, 0.1) is 0 Å². The van der Waals surface area contributed by atoms with Crippen LogP contribution >= 0.6 is 0 Å². The Kier molecular flexibility index (Phi) is 3.24. The molecule has 2 amide bonds. The molecule has 2 aliphatic rings. The molecule has 0 unspecified atom stereocenters. The monoisotopic (exact) mass is 279 g/mol. The molecule has 0 bridgehead atoms. The first-order chi connectivity index (χ1) is 8.73. The largest absolute Gasteiger partial charge is 0.403 e. The molecule has 5 nitrogen and oxygen atoms in total. The van der Waals surface area contributed by atoms with Gasteiger partial charge in [-0.2, -0.15) is 13.2 Å². The van der Waals surface area contributed by atoms with E-state index in [9.17, 15) is 22.8 Å². The van der Waals surface area contributed by atoms with E-state index in [0.29, 0.717) is 0 Å². The molecule has 8 heteroatoms. The molecule has 0 radical (unpaired) electrons. The van der Waals surface area contributed by atoms with Crippen molar-refractivity contribution < 1.29 is 22.8 Å². The Balaban J connectivity index is 2.21. The van der Waals surface area contributed by atoms with Gasteiger partial charge >= 0.3 is 6.18 Å². The summed E-state index contributed by atoms with van der Waals surface area (Å²) in [6.45, 7) is -0.00521. The van der Waals surface area contributed by atoms with Crippen LogP contribution in [0.3, 0.4) is 0 Å². The van der Waals surface area contributed by atoms with Crippen molar-refractivity contribution in [3.05, 3.63) is 0 Å². The maximum atomic E-state index is 12.9. The third-order valence-electron chi connectivity index (χ3n) is 3.85. The van der Waals surface area contributed by atoms with Crippen molar-refractivity contribution in [2.45, 2.75) is 37.5 Å². The van der Waals surface area contributed by atoms with Crippen LogP contribution in [0.5, 0.6) is 0 Å². The van der Waals surface area contributed by atoms with Crippen molar-refractivity contribution in [3.63, 3.8) is 0 Å². The van der Waals surface area contributed by atoms with Gasteiger partial charge in [0.25, 0.3) is 0 Å². The maximum Gasteiger partial charge on any atom is 0.403 e. The summed E-state index contributed by atoms with van der Waals surface area (Å²) in [4.78, 5) is 24.7. The predicted octanol–water partition coefficient (Wildman–Crippen LogP) is 0.00310. The second kappa shape index (κ2) is 4.36. The fourth-order valence-electron chi connectivity index (χ4n) is 2.53. The number of nitrogens with zero attached hydrogens (tertiary/aromatic N) is 1. The Morgan fingerprint density at radius 2 is 1.95 bits per heavy atom. The quantitative estimate of drug-likeness (QED) is 0.747. The van der Waals surface area contributed by atoms with E-state index in [4.69, 9.17) is 5.73 Å². The number of alkyl halides is 3.